The van der Waals surface area contributed by atoms with Crippen LogP contribution in [0.5, 0.6) is 11.8 Å². The summed E-state index contributed by atoms with van der Waals surface area (Å²) < 4.78 is 45.9. The summed E-state index contributed by atoms with van der Waals surface area (Å²) in [6.45, 7) is 1.96. The first-order chi connectivity index (χ1) is 21.2. The van der Waals surface area contributed by atoms with Crippen molar-refractivity contribution in [1.29, 1.82) is 0 Å². The number of urea groups is 1. The standard InChI is InChI=1S/C30H26F3N7O3S/c31-30(32,33)20-5-8-23(18-9-11-34-12-10-18)24(14-20)39-27(42)38-21-15-35-28(36-16-21)43-22-6-3-19(4-7-22)25-17-37-29(44-25)40-13-1-2-26(40)41/h3-9,14-17,34H,1-2,10-13H2,(H2,38,39,42). The Balaban J connectivity index is 1.08. The highest BCUT2D eigenvalue weighted by atomic mass is 32.1. The van der Waals surface area contributed by atoms with Gasteiger partial charge in [-0.25, -0.2) is 19.7 Å². The SMILES string of the molecule is O=C(Nc1cnc(Oc2ccc(-c3cnc(N4CCCC4=O)s3)cc2)nc1)Nc1cc(C(F)(F)F)ccc1C1=CCNCC1. The van der Waals surface area contributed by atoms with Crippen LogP contribution in [0.4, 0.5) is 34.5 Å². The fourth-order valence-electron chi connectivity index (χ4n) is 4.86. The van der Waals surface area contributed by atoms with E-state index in [0.29, 0.717) is 48.9 Å². The first-order valence-electron chi connectivity index (χ1n) is 13.8. The summed E-state index contributed by atoms with van der Waals surface area (Å²) in [5, 5.41) is 8.94. The lowest BCUT2D eigenvalue weighted by Crippen LogP contribution is -2.23. The van der Waals surface area contributed by atoms with Crippen molar-refractivity contribution in [3.8, 4) is 22.2 Å². The van der Waals surface area contributed by atoms with Crippen LogP contribution in [0.15, 0.2) is 67.1 Å². The zero-order valence-corrected chi connectivity index (χ0v) is 24.0. The molecule has 44 heavy (non-hydrogen) atoms. The molecule has 0 aliphatic carbocycles. The van der Waals surface area contributed by atoms with Gasteiger partial charge in [-0.15, -0.1) is 0 Å². The highest BCUT2D eigenvalue weighted by Crippen LogP contribution is 2.36. The van der Waals surface area contributed by atoms with E-state index >= 15 is 0 Å². The van der Waals surface area contributed by atoms with Gasteiger partial charge in [0, 0.05) is 31.3 Å². The summed E-state index contributed by atoms with van der Waals surface area (Å²) in [5.74, 6) is 0.572. The number of halogens is 3. The number of carbonyl (C=O) groups excluding carboxylic acids is 2. The molecule has 2 aromatic carbocycles. The number of aromatic nitrogens is 3. The first-order valence-corrected chi connectivity index (χ1v) is 14.6. The van der Waals surface area contributed by atoms with Gasteiger partial charge in [0.2, 0.25) is 5.91 Å². The molecule has 3 N–H and O–H groups in total. The minimum absolute atomic E-state index is 0.0364. The van der Waals surface area contributed by atoms with Gasteiger partial charge in [-0.2, -0.15) is 13.2 Å². The van der Waals surface area contributed by atoms with Crippen molar-refractivity contribution in [2.45, 2.75) is 25.4 Å². The van der Waals surface area contributed by atoms with E-state index in [0.717, 1.165) is 34.6 Å². The van der Waals surface area contributed by atoms with Crippen LogP contribution >= 0.6 is 11.3 Å². The van der Waals surface area contributed by atoms with Crippen molar-refractivity contribution in [2.24, 2.45) is 0 Å². The van der Waals surface area contributed by atoms with E-state index in [1.165, 1.54) is 29.8 Å². The number of rotatable bonds is 7. The van der Waals surface area contributed by atoms with Gasteiger partial charge in [0.15, 0.2) is 5.13 Å². The second kappa shape index (κ2) is 12.4. The number of nitrogens with one attached hydrogen (secondary N) is 3. The molecule has 4 aromatic rings. The summed E-state index contributed by atoms with van der Waals surface area (Å²) in [7, 11) is 0. The van der Waals surface area contributed by atoms with Gasteiger partial charge in [0.25, 0.3) is 0 Å². The Morgan fingerprint density at radius 2 is 1.80 bits per heavy atom. The molecule has 0 unspecified atom stereocenters. The summed E-state index contributed by atoms with van der Waals surface area (Å²) in [5.41, 5.74) is 1.70. The Morgan fingerprint density at radius 3 is 2.48 bits per heavy atom. The van der Waals surface area contributed by atoms with Crippen LogP contribution in [0.1, 0.15) is 30.4 Å². The third-order valence-electron chi connectivity index (χ3n) is 7.04. The van der Waals surface area contributed by atoms with Gasteiger partial charge in [-0.05, 0) is 66.9 Å². The molecule has 226 valence electrons. The van der Waals surface area contributed by atoms with E-state index in [2.05, 4.69) is 30.9 Å². The van der Waals surface area contributed by atoms with Crippen LogP contribution in [0.25, 0.3) is 16.0 Å². The maximum absolute atomic E-state index is 13.4. The molecule has 0 saturated carbocycles. The molecule has 10 nitrogen and oxygen atoms in total. The van der Waals surface area contributed by atoms with E-state index in [-0.39, 0.29) is 23.3 Å². The molecular formula is C30H26F3N7O3S. The summed E-state index contributed by atoms with van der Waals surface area (Å²) in [4.78, 5) is 40.0. The lowest BCUT2D eigenvalue weighted by atomic mass is 9.97. The number of ether oxygens (including phenoxy) is 1. The average molecular weight is 622 g/mol. The maximum Gasteiger partial charge on any atom is 0.416 e. The number of thiazole rings is 1. The van der Waals surface area contributed by atoms with Crippen LogP contribution in [0.3, 0.4) is 0 Å². The number of nitrogens with zero attached hydrogens (tertiary/aromatic N) is 4. The van der Waals surface area contributed by atoms with Gasteiger partial charge < -0.3 is 20.7 Å². The van der Waals surface area contributed by atoms with Crippen LogP contribution in [0, 0.1) is 0 Å². The number of benzene rings is 2. The minimum Gasteiger partial charge on any atom is -0.424 e. The molecule has 0 radical (unpaired) electrons. The van der Waals surface area contributed by atoms with Crippen molar-refractivity contribution < 1.29 is 27.5 Å². The van der Waals surface area contributed by atoms with Crippen molar-refractivity contribution in [3.63, 3.8) is 0 Å². The summed E-state index contributed by atoms with van der Waals surface area (Å²) >= 11 is 1.45. The molecular weight excluding hydrogens is 595 g/mol. The smallest absolute Gasteiger partial charge is 0.416 e. The van der Waals surface area contributed by atoms with Crippen LogP contribution in [-0.4, -0.2) is 46.5 Å². The highest BCUT2D eigenvalue weighted by molar-refractivity contribution is 7.19. The molecule has 1 saturated heterocycles. The molecule has 1 fully saturated rings. The zero-order valence-electron chi connectivity index (χ0n) is 23.1. The largest absolute Gasteiger partial charge is 0.424 e. The summed E-state index contributed by atoms with van der Waals surface area (Å²) in [6.07, 6.45) is 3.74. The first kappa shape index (κ1) is 29.3. The topological polar surface area (TPSA) is 121 Å². The van der Waals surface area contributed by atoms with Crippen LogP contribution < -0.4 is 25.6 Å². The molecule has 0 spiro atoms. The van der Waals surface area contributed by atoms with Gasteiger partial charge in [0.1, 0.15) is 5.75 Å². The minimum atomic E-state index is -4.56. The van der Waals surface area contributed by atoms with Crippen molar-refractivity contribution in [3.05, 3.63) is 78.3 Å². The predicted octanol–water partition coefficient (Wildman–Crippen LogP) is 6.56. The molecule has 3 amide bonds. The van der Waals surface area contributed by atoms with Gasteiger partial charge in [0.05, 0.1) is 34.2 Å². The van der Waals surface area contributed by atoms with E-state index in [9.17, 15) is 22.8 Å². The highest BCUT2D eigenvalue weighted by Gasteiger charge is 2.31. The molecule has 0 atom stereocenters. The second-order valence-corrected chi connectivity index (χ2v) is 11.1. The number of hydrogen-bond donors (Lipinski definition) is 3. The monoisotopic (exact) mass is 621 g/mol. The number of amides is 3. The number of carbonyl (C=O) groups is 2. The van der Waals surface area contributed by atoms with Gasteiger partial charge in [-0.1, -0.05) is 23.5 Å². The quantitative estimate of drug-likeness (QED) is 0.214. The Morgan fingerprint density at radius 1 is 1.00 bits per heavy atom. The van der Waals surface area contributed by atoms with Crippen molar-refractivity contribution >= 4 is 45.4 Å². The Bertz CT molecular complexity index is 1710. The predicted molar refractivity (Wildman–Crippen MR) is 161 cm³/mol. The zero-order chi connectivity index (χ0) is 30.7. The third-order valence-corrected chi connectivity index (χ3v) is 8.11. The Hall–Kier alpha value is -4.82. The van der Waals surface area contributed by atoms with Gasteiger partial charge >= 0.3 is 18.2 Å². The number of alkyl halides is 3. The van der Waals surface area contributed by atoms with Crippen molar-refractivity contribution in [1.82, 2.24) is 20.3 Å². The molecule has 2 aromatic heterocycles. The third kappa shape index (κ3) is 6.71. The Kier molecular flexibility index (Phi) is 8.26. The normalized spacial score (nSPS) is 15.2. The molecule has 4 heterocycles. The fourth-order valence-corrected chi connectivity index (χ4v) is 5.82. The van der Waals surface area contributed by atoms with Gasteiger partial charge in [-0.3, -0.25) is 9.69 Å². The van der Waals surface area contributed by atoms with Crippen molar-refractivity contribution in [2.75, 3.05) is 35.2 Å². The van der Waals surface area contributed by atoms with Crippen LogP contribution in [-0.2, 0) is 11.0 Å². The average Bonchev–Trinajstić information content (AvgIpc) is 3.67. The molecule has 2 aliphatic heterocycles. The fraction of sp³-hybridized carbons (Fsp3) is 0.233. The van der Waals surface area contributed by atoms with E-state index in [1.54, 1.807) is 23.2 Å². The van der Waals surface area contributed by atoms with E-state index in [1.807, 2.05) is 18.2 Å². The number of hydrogen-bond acceptors (Lipinski definition) is 8. The second-order valence-electron chi connectivity index (χ2n) is 10.1. The van der Waals surface area contributed by atoms with E-state index < -0.39 is 17.8 Å². The summed E-state index contributed by atoms with van der Waals surface area (Å²) in [6, 6.07) is 9.84. The van der Waals surface area contributed by atoms with E-state index in [4.69, 9.17) is 4.74 Å². The lowest BCUT2D eigenvalue weighted by Gasteiger charge is -2.19. The Labute approximate surface area is 254 Å². The maximum atomic E-state index is 13.4. The molecule has 2 aliphatic rings. The molecule has 14 heteroatoms. The number of anilines is 3. The molecule has 0 bridgehead atoms. The molecule has 6 rings (SSSR count). The van der Waals surface area contributed by atoms with Crippen LogP contribution in [0.2, 0.25) is 0 Å². The lowest BCUT2D eigenvalue weighted by molar-refractivity contribution is -0.137.